The molecule has 0 aliphatic heterocycles. The minimum atomic E-state index is -0.490. The summed E-state index contributed by atoms with van der Waals surface area (Å²) in [6, 6.07) is 17.1. The highest BCUT2D eigenvalue weighted by Gasteiger charge is 2.16. The van der Waals surface area contributed by atoms with Gasteiger partial charge >= 0.3 is 0 Å². The molecule has 0 spiro atoms. The first-order chi connectivity index (χ1) is 15.6. The molecule has 0 bridgehead atoms. The van der Waals surface area contributed by atoms with Crippen LogP contribution >= 0.6 is 0 Å². The Hall–Kier alpha value is -3.87. The Morgan fingerprint density at radius 1 is 0.906 bits per heavy atom. The average Bonchev–Trinajstić information content (AvgIpc) is 3.32. The number of amides is 2. The van der Waals surface area contributed by atoms with Gasteiger partial charge in [-0.25, -0.2) is 4.98 Å². The number of primary amides is 1. The van der Waals surface area contributed by atoms with E-state index >= 15 is 0 Å². The second-order valence-electron chi connectivity index (χ2n) is 7.73. The normalized spacial score (nSPS) is 13.5. The molecule has 32 heavy (non-hydrogen) atoms. The van der Waals surface area contributed by atoms with Gasteiger partial charge in [-0.1, -0.05) is 6.07 Å². The van der Waals surface area contributed by atoms with E-state index in [4.69, 9.17) is 15.2 Å². The van der Waals surface area contributed by atoms with Crippen molar-refractivity contribution in [1.82, 2.24) is 10.3 Å². The molecule has 7 nitrogen and oxygen atoms in total. The zero-order chi connectivity index (χ0) is 22.3. The van der Waals surface area contributed by atoms with Gasteiger partial charge in [-0.3, -0.25) is 9.59 Å². The zero-order valence-electron chi connectivity index (χ0n) is 17.6. The summed E-state index contributed by atoms with van der Waals surface area (Å²) in [6.45, 7) is 0.375. The van der Waals surface area contributed by atoms with Gasteiger partial charge in [-0.05, 0) is 79.8 Å². The molecule has 3 aromatic rings. The second-order valence-corrected chi connectivity index (χ2v) is 7.73. The number of ether oxygens (including phenoxy) is 2. The van der Waals surface area contributed by atoms with Gasteiger partial charge in [-0.15, -0.1) is 0 Å². The van der Waals surface area contributed by atoms with E-state index in [9.17, 15) is 9.59 Å². The Morgan fingerprint density at radius 3 is 2.09 bits per heavy atom. The van der Waals surface area contributed by atoms with Gasteiger partial charge in [0.25, 0.3) is 5.91 Å². The molecule has 164 valence electrons. The Labute approximate surface area is 186 Å². The van der Waals surface area contributed by atoms with Crippen molar-refractivity contribution in [3.05, 3.63) is 83.6 Å². The number of rotatable bonds is 8. The lowest BCUT2D eigenvalue weighted by molar-refractivity contribution is 0.0949. The average molecular weight is 431 g/mol. The van der Waals surface area contributed by atoms with E-state index in [1.54, 1.807) is 54.7 Å². The van der Waals surface area contributed by atoms with Crippen LogP contribution in [0.3, 0.4) is 0 Å². The number of carbonyl (C=O) groups is 2. The lowest BCUT2D eigenvalue weighted by Crippen LogP contribution is -2.22. The first-order valence-corrected chi connectivity index (χ1v) is 10.6. The summed E-state index contributed by atoms with van der Waals surface area (Å²) in [4.78, 5) is 27.9. The Morgan fingerprint density at radius 2 is 1.53 bits per heavy atom. The monoisotopic (exact) mass is 431 g/mol. The maximum Gasteiger partial charge on any atom is 0.251 e. The van der Waals surface area contributed by atoms with Crippen molar-refractivity contribution in [2.75, 3.05) is 0 Å². The molecule has 1 aromatic heterocycles. The molecule has 1 saturated carbocycles. The maximum absolute atomic E-state index is 12.4. The van der Waals surface area contributed by atoms with Gasteiger partial charge < -0.3 is 20.5 Å². The summed E-state index contributed by atoms with van der Waals surface area (Å²) in [6.07, 6.45) is 6.60. The summed E-state index contributed by atoms with van der Waals surface area (Å²) in [5, 5.41) is 2.89. The fraction of sp³-hybridized carbons (Fsp3) is 0.240. The molecule has 3 N–H and O–H groups in total. The van der Waals surface area contributed by atoms with Crippen molar-refractivity contribution < 1.29 is 19.1 Å². The van der Waals surface area contributed by atoms with Gasteiger partial charge in [0.05, 0.1) is 0 Å². The molecule has 4 rings (SSSR count). The minimum Gasteiger partial charge on any atom is -0.474 e. The van der Waals surface area contributed by atoms with Gasteiger partial charge in [-0.2, -0.15) is 0 Å². The van der Waals surface area contributed by atoms with Crippen molar-refractivity contribution >= 4 is 11.8 Å². The minimum absolute atomic E-state index is 0.186. The molecule has 0 atom stereocenters. The number of nitrogens with one attached hydrogen (secondary N) is 1. The highest BCUT2D eigenvalue weighted by atomic mass is 16.5. The predicted octanol–water partition coefficient (Wildman–Crippen LogP) is 4.22. The maximum atomic E-state index is 12.4. The zero-order valence-corrected chi connectivity index (χ0v) is 17.6. The summed E-state index contributed by atoms with van der Waals surface area (Å²) < 4.78 is 11.6. The third-order valence-electron chi connectivity index (χ3n) is 5.33. The highest BCUT2D eigenvalue weighted by Crippen LogP contribution is 2.23. The van der Waals surface area contributed by atoms with Crippen molar-refractivity contribution in [3.8, 4) is 17.4 Å². The van der Waals surface area contributed by atoms with E-state index < -0.39 is 5.91 Å². The second kappa shape index (κ2) is 9.96. The largest absolute Gasteiger partial charge is 0.474 e. The van der Waals surface area contributed by atoms with E-state index in [-0.39, 0.29) is 12.0 Å². The molecule has 1 aliphatic rings. The van der Waals surface area contributed by atoms with Crippen LogP contribution < -0.4 is 20.5 Å². The number of hydrogen-bond acceptors (Lipinski definition) is 5. The number of aromatic nitrogens is 1. The number of carbonyl (C=O) groups excluding carboxylic acids is 2. The highest BCUT2D eigenvalue weighted by molar-refractivity contribution is 5.94. The van der Waals surface area contributed by atoms with Gasteiger partial charge in [0, 0.05) is 29.9 Å². The van der Waals surface area contributed by atoms with E-state index in [1.165, 1.54) is 12.8 Å². The van der Waals surface area contributed by atoms with Crippen molar-refractivity contribution in [2.45, 2.75) is 38.3 Å². The number of nitrogens with zero attached hydrogens (tertiary/aromatic N) is 1. The summed E-state index contributed by atoms with van der Waals surface area (Å²) >= 11 is 0. The van der Waals surface area contributed by atoms with Crippen LogP contribution in [0.25, 0.3) is 0 Å². The van der Waals surface area contributed by atoms with Crippen molar-refractivity contribution in [1.29, 1.82) is 0 Å². The Kier molecular flexibility index (Phi) is 6.65. The van der Waals surface area contributed by atoms with Gasteiger partial charge in [0.1, 0.15) is 17.6 Å². The number of benzene rings is 2. The third-order valence-corrected chi connectivity index (χ3v) is 5.33. The quantitative estimate of drug-likeness (QED) is 0.556. The first-order valence-electron chi connectivity index (χ1n) is 10.6. The van der Waals surface area contributed by atoms with Crippen molar-refractivity contribution in [2.24, 2.45) is 5.73 Å². The smallest absolute Gasteiger partial charge is 0.251 e. The van der Waals surface area contributed by atoms with Crippen LogP contribution in [0.2, 0.25) is 0 Å². The van der Waals surface area contributed by atoms with Gasteiger partial charge in [0.15, 0.2) is 0 Å². The Balaban J connectivity index is 1.27. The molecular weight excluding hydrogens is 406 g/mol. The van der Waals surface area contributed by atoms with Crippen molar-refractivity contribution in [3.63, 3.8) is 0 Å². The molecule has 1 heterocycles. The Bertz CT molecular complexity index is 1060. The standard InChI is InChI=1S/C25H25N3O4/c26-24(29)18-6-10-21(11-7-18)31-22-12-8-19(9-13-22)25(30)28-16-17-5-14-23(27-15-17)32-20-3-1-2-4-20/h5-15,20H,1-4,16H2,(H2,26,29)(H,28,30). The van der Waals surface area contributed by atoms with E-state index in [1.807, 2.05) is 12.1 Å². The number of hydrogen-bond donors (Lipinski definition) is 2. The fourth-order valence-corrected chi connectivity index (χ4v) is 3.54. The molecule has 0 saturated heterocycles. The first kappa shape index (κ1) is 21.4. The van der Waals surface area contributed by atoms with Crippen LogP contribution in [0.1, 0.15) is 52.0 Å². The number of pyridine rings is 1. The van der Waals surface area contributed by atoms with E-state index in [2.05, 4.69) is 10.3 Å². The molecular formula is C25H25N3O4. The molecule has 2 amide bonds. The third kappa shape index (κ3) is 5.63. The molecule has 1 aliphatic carbocycles. The summed E-state index contributed by atoms with van der Waals surface area (Å²) in [7, 11) is 0. The summed E-state index contributed by atoms with van der Waals surface area (Å²) in [5.74, 6) is 1.10. The van der Waals surface area contributed by atoms with E-state index in [0.717, 1.165) is 18.4 Å². The number of nitrogens with two attached hydrogens (primary N) is 1. The van der Waals surface area contributed by atoms with Crippen LogP contribution in [0.15, 0.2) is 66.9 Å². The molecule has 1 fully saturated rings. The van der Waals surface area contributed by atoms with Crippen LogP contribution in [0.5, 0.6) is 17.4 Å². The topological polar surface area (TPSA) is 104 Å². The lowest BCUT2D eigenvalue weighted by atomic mass is 10.2. The predicted molar refractivity (Wildman–Crippen MR) is 120 cm³/mol. The van der Waals surface area contributed by atoms with E-state index in [0.29, 0.717) is 35.1 Å². The van der Waals surface area contributed by atoms with Crippen LogP contribution in [-0.2, 0) is 6.54 Å². The van der Waals surface area contributed by atoms with Crippen LogP contribution in [0, 0.1) is 0 Å². The fourth-order valence-electron chi connectivity index (χ4n) is 3.54. The van der Waals surface area contributed by atoms with Gasteiger partial charge in [0.2, 0.25) is 11.8 Å². The van der Waals surface area contributed by atoms with Crippen LogP contribution in [-0.4, -0.2) is 22.9 Å². The lowest BCUT2D eigenvalue weighted by Gasteiger charge is -2.12. The molecule has 0 radical (unpaired) electrons. The summed E-state index contributed by atoms with van der Waals surface area (Å²) in [5.41, 5.74) is 7.07. The molecule has 7 heteroatoms. The molecule has 2 aromatic carbocycles. The van der Waals surface area contributed by atoms with Crippen LogP contribution in [0.4, 0.5) is 0 Å². The SMILES string of the molecule is NC(=O)c1ccc(Oc2ccc(C(=O)NCc3ccc(OC4CCCC4)nc3)cc2)cc1. The molecule has 0 unspecified atom stereocenters.